The van der Waals surface area contributed by atoms with Gasteiger partial charge in [-0.25, -0.2) is 0 Å². The third-order valence-corrected chi connectivity index (χ3v) is 3.48. The van der Waals surface area contributed by atoms with Crippen LogP contribution in [0.5, 0.6) is 5.75 Å². The van der Waals surface area contributed by atoms with E-state index in [0.717, 1.165) is 23.7 Å². The molecular weight excluding hydrogens is 270 g/mol. The number of nitrogens with one attached hydrogen (secondary N) is 1. The molecule has 0 aliphatic heterocycles. The zero-order valence-electron chi connectivity index (χ0n) is 11.9. The molecule has 0 radical (unpaired) electrons. The van der Waals surface area contributed by atoms with E-state index in [1.165, 1.54) is 11.1 Å². The summed E-state index contributed by atoms with van der Waals surface area (Å²) >= 11 is 5.97. The van der Waals surface area contributed by atoms with Crippen molar-refractivity contribution >= 4 is 11.6 Å². The van der Waals surface area contributed by atoms with E-state index in [1.807, 2.05) is 24.3 Å². The van der Waals surface area contributed by atoms with Gasteiger partial charge in [0.25, 0.3) is 0 Å². The van der Waals surface area contributed by atoms with Crippen LogP contribution in [0.2, 0.25) is 5.02 Å². The van der Waals surface area contributed by atoms with Crippen molar-refractivity contribution in [1.29, 1.82) is 0 Å². The Kier molecular flexibility index (Phi) is 5.45. The van der Waals surface area contributed by atoms with Gasteiger partial charge in [0.1, 0.15) is 5.75 Å². The Morgan fingerprint density at radius 2 is 1.85 bits per heavy atom. The van der Waals surface area contributed by atoms with Gasteiger partial charge in [0.2, 0.25) is 0 Å². The molecule has 1 atom stereocenters. The SMILES string of the molecule is CCCNC(c1ccc(Cl)cc1)c1cccc(OC)c1. The highest BCUT2D eigenvalue weighted by Crippen LogP contribution is 2.26. The molecule has 0 aromatic heterocycles. The second kappa shape index (κ2) is 7.32. The quantitative estimate of drug-likeness (QED) is 0.849. The van der Waals surface area contributed by atoms with Crippen LogP contribution in [-0.4, -0.2) is 13.7 Å². The summed E-state index contributed by atoms with van der Waals surface area (Å²) in [5, 5.41) is 4.33. The Morgan fingerprint density at radius 3 is 2.50 bits per heavy atom. The molecule has 0 saturated heterocycles. The van der Waals surface area contributed by atoms with Gasteiger partial charge in [0, 0.05) is 5.02 Å². The second-order valence-electron chi connectivity index (χ2n) is 4.72. The van der Waals surface area contributed by atoms with Crippen LogP contribution in [0.1, 0.15) is 30.5 Å². The third-order valence-electron chi connectivity index (χ3n) is 3.23. The lowest BCUT2D eigenvalue weighted by atomic mass is 9.98. The maximum atomic E-state index is 5.97. The van der Waals surface area contributed by atoms with Gasteiger partial charge in [0.05, 0.1) is 13.2 Å². The molecule has 0 aliphatic rings. The first-order valence-electron chi connectivity index (χ1n) is 6.87. The number of rotatable bonds is 6. The highest BCUT2D eigenvalue weighted by Gasteiger charge is 2.13. The predicted octanol–water partition coefficient (Wildman–Crippen LogP) is 4.44. The van der Waals surface area contributed by atoms with Crippen molar-refractivity contribution in [2.24, 2.45) is 0 Å². The van der Waals surface area contributed by atoms with Crippen LogP contribution in [0.25, 0.3) is 0 Å². The Morgan fingerprint density at radius 1 is 1.10 bits per heavy atom. The van der Waals surface area contributed by atoms with Crippen LogP contribution >= 0.6 is 11.6 Å². The molecule has 0 amide bonds. The minimum absolute atomic E-state index is 0.155. The van der Waals surface area contributed by atoms with Crippen molar-refractivity contribution in [3.05, 3.63) is 64.7 Å². The summed E-state index contributed by atoms with van der Waals surface area (Å²) in [5.41, 5.74) is 2.40. The number of hydrogen-bond acceptors (Lipinski definition) is 2. The summed E-state index contributed by atoms with van der Waals surface area (Å²) in [6.07, 6.45) is 1.09. The van der Waals surface area contributed by atoms with E-state index in [9.17, 15) is 0 Å². The van der Waals surface area contributed by atoms with Crippen molar-refractivity contribution in [2.45, 2.75) is 19.4 Å². The van der Waals surface area contributed by atoms with Crippen molar-refractivity contribution in [2.75, 3.05) is 13.7 Å². The maximum Gasteiger partial charge on any atom is 0.119 e. The molecule has 0 spiro atoms. The molecule has 0 aliphatic carbocycles. The van der Waals surface area contributed by atoms with Gasteiger partial charge in [-0.05, 0) is 48.4 Å². The first-order valence-corrected chi connectivity index (χ1v) is 7.25. The summed E-state index contributed by atoms with van der Waals surface area (Å²) in [4.78, 5) is 0. The van der Waals surface area contributed by atoms with Gasteiger partial charge in [0.15, 0.2) is 0 Å². The molecule has 0 saturated carbocycles. The molecule has 2 aromatic rings. The van der Waals surface area contributed by atoms with Crippen LogP contribution < -0.4 is 10.1 Å². The normalized spacial score (nSPS) is 12.2. The fraction of sp³-hybridized carbons (Fsp3) is 0.294. The molecule has 0 heterocycles. The Balaban J connectivity index is 2.32. The third kappa shape index (κ3) is 3.75. The van der Waals surface area contributed by atoms with E-state index in [4.69, 9.17) is 16.3 Å². The van der Waals surface area contributed by atoms with Crippen LogP contribution in [0.4, 0.5) is 0 Å². The zero-order chi connectivity index (χ0) is 14.4. The molecule has 2 rings (SSSR count). The number of benzene rings is 2. The van der Waals surface area contributed by atoms with E-state index in [1.54, 1.807) is 7.11 Å². The fourth-order valence-corrected chi connectivity index (χ4v) is 2.32. The van der Waals surface area contributed by atoms with Crippen LogP contribution in [-0.2, 0) is 0 Å². The monoisotopic (exact) mass is 289 g/mol. The summed E-state index contributed by atoms with van der Waals surface area (Å²) in [7, 11) is 1.69. The van der Waals surface area contributed by atoms with Gasteiger partial charge in [-0.2, -0.15) is 0 Å². The van der Waals surface area contributed by atoms with Gasteiger partial charge in [-0.3, -0.25) is 0 Å². The molecule has 20 heavy (non-hydrogen) atoms. The molecule has 2 aromatic carbocycles. The first-order chi connectivity index (χ1) is 9.74. The molecule has 0 fully saturated rings. The summed E-state index contributed by atoms with van der Waals surface area (Å²) in [6, 6.07) is 16.3. The number of halogens is 1. The van der Waals surface area contributed by atoms with Gasteiger partial charge >= 0.3 is 0 Å². The first kappa shape index (κ1) is 14.9. The lowest BCUT2D eigenvalue weighted by Crippen LogP contribution is -2.23. The fourth-order valence-electron chi connectivity index (χ4n) is 2.19. The maximum absolute atomic E-state index is 5.97. The average molecular weight is 290 g/mol. The van der Waals surface area contributed by atoms with E-state index < -0.39 is 0 Å². The zero-order valence-corrected chi connectivity index (χ0v) is 12.7. The van der Waals surface area contributed by atoms with Crippen molar-refractivity contribution in [3.8, 4) is 5.75 Å². The number of ether oxygens (including phenoxy) is 1. The molecule has 1 unspecified atom stereocenters. The molecule has 106 valence electrons. The molecule has 3 heteroatoms. The Hall–Kier alpha value is -1.51. The van der Waals surface area contributed by atoms with Gasteiger partial charge in [-0.1, -0.05) is 42.8 Å². The Labute approximate surface area is 125 Å². The van der Waals surface area contributed by atoms with Crippen molar-refractivity contribution in [1.82, 2.24) is 5.32 Å². The summed E-state index contributed by atoms with van der Waals surface area (Å²) < 4.78 is 5.32. The van der Waals surface area contributed by atoms with E-state index in [2.05, 4.69) is 36.5 Å². The van der Waals surface area contributed by atoms with Crippen molar-refractivity contribution < 1.29 is 4.74 Å². The minimum Gasteiger partial charge on any atom is -0.497 e. The topological polar surface area (TPSA) is 21.3 Å². The van der Waals surface area contributed by atoms with Crippen LogP contribution in [0, 0.1) is 0 Å². The smallest absolute Gasteiger partial charge is 0.119 e. The van der Waals surface area contributed by atoms with Gasteiger partial charge < -0.3 is 10.1 Å². The number of hydrogen-bond donors (Lipinski definition) is 1. The van der Waals surface area contributed by atoms with Crippen LogP contribution in [0.15, 0.2) is 48.5 Å². The largest absolute Gasteiger partial charge is 0.497 e. The summed E-state index contributed by atoms with van der Waals surface area (Å²) in [5.74, 6) is 0.875. The van der Waals surface area contributed by atoms with E-state index in [-0.39, 0.29) is 6.04 Å². The van der Waals surface area contributed by atoms with E-state index in [0.29, 0.717) is 0 Å². The number of methoxy groups -OCH3 is 1. The van der Waals surface area contributed by atoms with Gasteiger partial charge in [-0.15, -0.1) is 0 Å². The minimum atomic E-state index is 0.155. The molecule has 1 N–H and O–H groups in total. The predicted molar refractivity (Wildman–Crippen MR) is 84.6 cm³/mol. The van der Waals surface area contributed by atoms with Crippen molar-refractivity contribution in [3.63, 3.8) is 0 Å². The molecule has 2 nitrogen and oxygen atoms in total. The lowest BCUT2D eigenvalue weighted by molar-refractivity contribution is 0.413. The molecule has 0 bridgehead atoms. The van der Waals surface area contributed by atoms with Crippen LogP contribution in [0.3, 0.4) is 0 Å². The second-order valence-corrected chi connectivity index (χ2v) is 5.15. The lowest BCUT2D eigenvalue weighted by Gasteiger charge is -2.20. The highest BCUT2D eigenvalue weighted by molar-refractivity contribution is 6.30. The highest BCUT2D eigenvalue weighted by atomic mass is 35.5. The Bertz CT molecular complexity index is 539. The standard InChI is InChI=1S/C17H20ClNO/c1-3-11-19-17(13-7-9-15(18)10-8-13)14-5-4-6-16(12-14)20-2/h4-10,12,17,19H,3,11H2,1-2H3. The molecular formula is C17H20ClNO. The van der Waals surface area contributed by atoms with E-state index >= 15 is 0 Å². The average Bonchev–Trinajstić information content (AvgIpc) is 2.49. The summed E-state index contributed by atoms with van der Waals surface area (Å²) in [6.45, 7) is 3.13.